The molecule has 5 nitrogen and oxygen atoms in total. The lowest BCUT2D eigenvalue weighted by Crippen LogP contribution is -2.35. The molecule has 1 aromatic rings. The Balaban J connectivity index is 1.79. The topological polar surface area (TPSA) is 61.8 Å². The molecule has 0 aromatic heterocycles. The molecule has 220 valence electrons. The maximum Gasteiger partial charge on any atom is 0.339 e. The molecule has 1 aromatic carbocycles. The van der Waals surface area contributed by atoms with Crippen molar-refractivity contribution in [3.8, 4) is 5.75 Å². The van der Waals surface area contributed by atoms with Gasteiger partial charge in [-0.25, -0.2) is 4.79 Å². The Bertz CT molecular complexity index is 1180. The van der Waals surface area contributed by atoms with Gasteiger partial charge in [-0.05, 0) is 95.6 Å². The van der Waals surface area contributed by atoms with Crippen LogP contribution in [0.25, 0.3) is 0 Å². The number of esters is 1. The molecule has 0 bridgehead atoms. The first-order valence-electron chi connectivity index (χ1n) is 14.8. The van der Waals surface area contributed by atoms with Crippen molar-refractivity contribution >= 4 is 11.8 Å². The van der Waals surface area contributed by atoms with E-state index in [9.17, 15) is 9.59 Å². The Morgan fingerprint density at radius 1 is 1.00 bits per heavy atom. The van der Waals surface area contributed by atoms with Crippen LogP contribution in [0.4, 0.5) is 0 Å². The fraction of sp³-hybridized carbons (Fsp3) is 0.600. The fourth-order valence-electron chi connectivity index (χ4n) is 6.17. The second kappa shape index (κ2) is 12.8. The van der Waals surface area contributed by atoms with Crippen LogP contribution in [-0.4, -0.2) is 31.1 Å². The van der Waals surface area contributed by atoms with E-state index in [2.05, 4.69) is 13.8 Å². The summed E-state index contributed by atoms with van der Waals surface area (Å²) in [5.41, 5.74) is 3.76. The molecular formula is C35H50O5. The summed E-state index contributed by atoms with van der Waals surface area (Å²) >= 11 is 0. The zero-order valence-corrected chi connectivity index (χ0v) is 26.5. The molecule has 40 heavy (non-hydrogen) atoms. The highest BCUT2D eigenvalue weighted by molar-refractivity contribution is 6.05. The van der Waals surface area contributed by atoms with E-state index in [1.807, 2.05) is 66.7 Å². The molecule has 0 amide bonds. The number of allylic oxidation sites excluding steroid dienone is 3. The lowest BCUT2D eigenvalue weighted by Gasteiger charge is -2.40. The summed E-state index contributed by atoms with van der Waals surface area (Å²) in [6.07, 6.45) is 11.3. The second-order valence-corrected chi connectivity index (χ2v) is 13.2. The average molecular weight is 551 g/mol. The van der Waals surface area contributed by atoms with Crippen molar-refractivity contribution in [3.63, 3.8) is 0 Å². The monoisotopic (exact) mass is 550 g/mol. The van der Waals surface area contributed by atoms with Crippen molar-refractivity contribution in [2.24, 2.45) is 17.3 Å². The number of benzene rings is 1. The molecule has 0 heterocycles. The normalized spacial score (nSPS) is 20.2. The molecule has 0 radical (unpaired) electrons. The van der Waals surface area contributed by atoms with Crippen molar-refractivity contribution in [3.05, 3.63) is 63.5 Å². The Morgan fingerprint density at radius 3 is 2.15 bits per heavy atom. The number of aryl methyl sites for hydroxylation is 2. The van der Waals surface area contributed by atoms with Crippen LogP contribution in [0.15, 0.2) is 46.8 Å². The molecule has 2 aliphatic carbocycles. The van der Waals surface area contributed by atoms with Gasteiger partial charge in [-0.1, -0.05) is 57.6 Å². The van der Waals surface area contributed by atoms with E-state index >= 15 is 0 Å². The number of hydrogen-bond donors (Lipinski definition) is 0. The maximum atomic E-state index is 13.4. The average Bonchev–Trinajstić information content (AvgIpc) is 2.86. The predicted octanol–water partition coefficient (Wildman–Crippen LogP) is 8.63. The summed E-state index contributed by atoms with van der Waals surface area (Å²) < 4.78 is 17.8. The van der Waals surface area contributed by atoms with Gasteiger partial charge in [0.05, 0.1) is 19.3 Å². The van der Waals surface area contributed by atoms with Crippen LogP contribution in [-0.2, 0) is 14.3 Å². The highest BCUT2D eigenvalue weighted by Gasteiger charge is 2.42. The van der Waals surface area contributed by atoms with Gasteiger partial charge < -0.3 is 14.2 Å². The number of carbonyl (C=O) groups excluding carboxylic acids is 2. The number of hydrogen-bond acceptors (Lipinski definition) is 5. The Hall–Kier alpha value is -2.82. The van der Waals surface area contributed by atoms with Crippen molar-refractivity contribution < 1.29 is 23.8 Å². The third kappa shape index (κ3) is 7.27. The summed E-state index contributed by atoms with van der Waals surface area (Å²) in [7, 11) is 1.62. The molecular weight excluding hydrogens is 500 g/mol. The van der Waals surface area contributed by atoms with Crippen molar-refractivity contribution in [2.45, 2.75) is 106 Å². The summed E-state index contributed by atoms with van der Waals surface area (Å²) in [5, 5.41) is 0. The van der Waals surface area contributed by atoms with Gasteiger partial charge in [-0.15, -0.1) is 0 Å². The van der Waals surface area contributed by atoms with Gasteiger partial charge in [0.1, 0.15) is 17.1 Å². The number of methoxy groups -OCH3 is 1. The standard InChI is InChI=1S/C35H50O5/c1-22-20-27(21-23(2)31(22)39-19-18-26-14-12-11-13-15-26)29(36)17-16-28-32(38-10)24(3)30(25(4)35(28,8)9)33(37)40-34(5,6)7/h16-17,20-21,26,28H,11-15,18-19H2,1-10H3. The zero-order valence-electron chi connectivity index (χ0n) is 26.5. The third-order valence-electron chi connectivity index (χ3n) is 8.65. The minimum atomic E-state index is -0.600. The quantitative estimate of drug-likeness (QED) is 0.175. The number of ether oxygens (including phenoxy) is 3. The highest BCUT2D eigenvalue weighted by Crippen LogP contribution is 2.48. The van der Waals surface area contributed by atoms with Gasteiger partial charge in [0.25, 0.3) is 0 Å². The molecule has 1 unspecified atom stereocenters. The SMILES string of the molecule is COC1=C(C)C(C(=O)OC(C)(C)C)=C(C)C(C)(C)C1C=CC(=O)c1cc(C)c(OCCC2CCCCC2)c(C)c1. The van der Waals surface area contributed by atoms with Crippen LogP contribution in [0.3, 0.4) is 0 Å². The van der Waals surface area contributed by atoms with E-state index < -0.39 is 11.0 Å². The molecule has 5 heteroatoms. The number of rotatable bonds is 9. The van der Waals surface area contributed by atoms with Crippen molar-refractivity contribution in [1.82, 2.24) is 0 Å². The van der Waals surface area contributed by atoms with Crippen LogP contribution in [0, 0.1) is 31.1 Å². The first-order valence-corrected chi connectivity index (χ1v) is 14.8. The molecule has 0 spiro atoms. The van der Waals surface area contributed by atoms with Gasteiger partial charge in [-0.2, -0.15) is 0 Å². The van der Waals surface area contributed by atoms with E-state index in [0.717, 1.165) is 47.0 Å². The van der Waals surface area contributed by atoms with E-state index in [1.54, 1.807) is 13.2 Å². The molecule has 1 atom stereocenters. The van der Waals surface area contributed by atoms with Crippen LogP contribution in [0.5, 0.6) is 5.75 Å². The summed E-state index contributed by atoms with van der Waals surface area (Å²) in [5.74, 6) is 1.71. The summed E-state index contributed by atoms with van der Waals surface area (Å²) in [6.45, 7) is 18.3. The lowest BCUT2D eigenvalue weighted by atomic mass is 9.66. The first-order chi connectivity index (χ1) is 18.7. The highest BCUT2D eigenvalue weighted by atomic mass is 16.6. The van der Waals surface area contributed by atoms with Gasteiger partial charge in [0.15, 0.2) is 5.78 Å². The number of ketones is 1. The summed E-state index contributed by atoms with van der Waals surface area (Å²) in [4.78, 5) is 26.5. The molecule has 2 aliphatic rings. The molecule has 0 aliphatic heterocycles. The van der Waals surface area contributed by atoms with Gasteiger partial charge in [-0.3, -0.25) is 4.79 Å². The van der Waals surface area contributed by atoms with E-state index in [0.29, 0.717) is 16.9 Å². The second-order valence-electron chi connectivity index (χ2n) is 13.2. The number of carbonyl (C=O) groups is 2. The van der Waals surface area contributed by atoms with Gasteiger partial charge in [0, 0.05) is 17.1 Å². The van der Waals surface area contributed by atoms with Crippen molar-refractivity contribution in [2.75, 3.05) is 13.7 Å². The van der Waals surface area contributed by atoms with Crippen LogP contribution in [0.1, 0.15) is 108 Å². The summed E-state index contributed by atoms with van der Waals surface area (Å²) in [6, 6.07) is 3.84. The molecule has 0 N–H and O–H groups in total. The maximum absolute atomic E-state index is 13.4. The van der Waals surface area contributed by atoms with E-state index in [1.165, 1.54) is 32.1 Å². The first kappa shape index (κ1) is 31.7. The minimum Gasteiger partial charge on any atom is -0.500 e. The Labute approximate surface area is 242 Å². The smallest absolute Gasteiger partial charge is 0.339 e. The molecule has 0 saturated heterocycles. The molecule has 1 fully saturated rings. The largest absolute Gasteiger partial charge is 0.500 e. The van der Waals surface area contributed by atoms with Crippen molar-refractivity contribution in [1.29, 1.82) is 0 Å². The van der Waals surface area contributed by atoms with E-state index in [4.69, 9.17) is 14.2 Å². The lowest BCUT2D eigenvalue weighted by molar-refractivity contribution is -0.149. The van der Waals surface area contributed by atoms with Crippen LogP contribution in [0.2, 0.25) is 0 Å². The Morgan fingerprint density at radius 2 is 1.60 bits per heavy atom. The van der Waals surface area contributed by atoms with E-state index in [-0.39, 0.29) is 17.7 Å². The molecule has 3 rings (SSSR count). The predicted molar refractivity (Wildman–Crippen MR) is 162 cm³/mol. The van der Waals surface area contributed by atoms with Gasteiger partial charge in [0.2, 0.25) is 0 Å². The van der Waals surface area contributed by atoms with Crippen LogP contribution < -0.4 is 4.74 Å². The minimum absolute atomic E-state index is 0.0663. The third-order valence-corrected chi connectivity index (χ3v) is 8.65. The molecule has 1 saturated carbocycles. The zero-order chi connectivity index (χ0) is 29.8. The van der Waals surface area contributed by atoms with Gasteiger partial charge >= 0.3 is 5.97 Å². The van der Waals surface area contributed by atoms with Crippen LogP contribution >= 0.6 is 0 Å². The Kier molecular flexibility index (Phi) is 10.1. The fourth-order valence-corrected chi connectivity index (χ4v) is 6.17.